The number of nitrogens with zero attached hydrogens (tertiary/aromatic N) is 1. The van der Waals surface area contributed by atoms with E-state index in [0.717, 1.165) is 72.7 Å². The van der Waals surface area contributed by atoms with Crippen LogP contribution in [0.1, 0.15) is 0 Å². The molecule has 0 radical (unpaired) electrons. The van der Waals surface area contributed by atoms with Gasteiger partial charge >= 0.3 is 0 Å². The predicted octanol–water partition coefficient (Wildman–Crippen LogP) is 15.9. The molecule has 9 aromatic carbocycles. The maximum absolute atomic E-state index is 6.25. The summed E-state index contributed by atoms with van der Waals surface area (Å²) in [7, 11) is 0. The Hall–Kier alpha value is -7.68. The molecule has 0 fully saturated rings. The molecular formula is C56H39NO. The van der Waals surface area contributed by atoms with Crippen LogP contribution in [0.2, 0.25) is 0 Å². The standard InChI is InChI=1S/C56H39NO/c1-4-15-40(16-5-1)43-27-29-45(30-28-43)53-24-11-12-25-54(53)57(52-37-49(41-17-6-2-7-18-41)36-50(38-52)42-19-8-3-9-20-42)51-33-31-44(32-34-51)46-22-14-23-47(35-46)56-39-48-21-10-13-26-55(48)58-56/h1-39H. The molecule has 0 N–H and O–H groups in total. The Morgan fingerprint density at radius 1 is 0.276 bits per heavy atom. The summed E-state index contributed by atoms with van der Waals surface area (Å²) in [4.78, 5) is 2.41. The van der Waals surface area contributed by atoms with Gasteiger partial charge in [0.15, 0.2) is 0 Å². The molecule has 10 aromatic rings. The second-order valence-electron chi connectivity index (χ2n) is 14.6. The number of hydrogen-bond acceptors (Lipinski definition) is 2. The summed E-state index contributed by atoms with van der Waals surface area (Å²) in [5.74, 6) is 0.867. The maximum Gasteiger partial charge on any atom is 0.135 e. The van der Waals surface area contributed by atoms with E-state index < -0.39 is 0 Å². The zero-order chi connectivity index (χ0) is 38.7. The van der Waals surface area contributed by atoms with Crippen LogP contribution in [0.25, 0.3) is 77.9 Å². The van der Waals surface area contributed by atoms with Crippen LogP contribution in [0.15, 0.2) is 241 Å². The van der Waals surface area contributed by atoms with Crippen molar-refractivity contribution < 1.29 is 4.42 Å². The Morgan fingerprint density at radius 2 is 0.741 bits per heavy atom. The highest BCUT2D eigenvalue weighted by atomic mass is 16.3. The molecule has 2 nitrogen and oxygen atoms in total. The first-order valence-corrected chi connectivity index (χ1v) is 19.7. The minimum absolute atomic E-state index is 0.867. The van der Waals surface area contributed by atoms with Crippen molar-refractivity contribution in [3.05, 3.63) is 237 Å². The molecule has 0 aliphatic rings. The van der Waals surface area contributed by atoms with Gasteiger partial charge in [-0.05, 0) is 105 Å². The molecule has 274 valence electrons. The number of benzene rings is 9. The highest BCUT2D eigenvalue weighted by Gasteiger charge is 2.20. The van der Waals surface area contributed by atoms with Gasteiger partial charge in [0.2, 0.25) is 0 Å². The molecule has 0 bridgehead atoms. The van der Waals surface area contributed by atoms with E-state index in [2.05, 4.69) is 223 Å². The van der Waals surface area contributed by atoms with Crippen molar-refractivity contribution in [3.8, 4) is 67.0 Å². The van der Waals surface area contributed by atoms with Gasteiger partial charge in [0.05, 0.1) is 5.69 Å². The third-order valence-electron chi connectivity index (χ3n) is 10.9. The van der Waals surface area contributed by atoms with E-state index in [1.807, 2.05) is 18.2 Å². The van der Waals surface area contributed by atoms with Crippen molar-refractivity contribution in [1.82, 2.24) is 0 Å². The molecule has 0 spiro atoms. The fraction of sp³-hybridized carbons (Fsp3) is 0. The van der Waals surface area contributed by atoms with E-state index >= 15 is 0 Å². The molecule has 0 saturated heterocycles. The maximum atomic E-state index is 6.25. The first-order valence-electron chi connectivity index (χ1n) is 19.7. The van der Waals surface area contributed by atoms with Crippen LogP contribution in [0.3, 0.4) is 0 Å². The van der Waals surface area contributed by atoms with Crippen LogP contribution < -0.4 is 4.90 Å². The van der Waals surface area contributed by atoms with Crippen molar-refractivity contribution in [2.75, 3.05) is 4.90 Å². The van der Waals surface area contributed by atoms with Crippen molar-refractivity contribution >= 4 is 28.0 Å². The molecule has 0 aliphatic heterocycles. The van der Waals surface area contributed by atoms with Gasteiger partial charge in [-0.1, -0.05) is 182 Å². The highest BCUT2D eigenvalue weighted by molar-refractivity contribution is 5.92. The molecule has 10 rings (SSSR count). The lowest BCUT2D eigenvalue weighted by Gasteiger charge is -2.29. The summed E-state index contributed by atoms with van der Waals surface area (Å²) >= 11 is 0. The van der Waals surface area contributed by atoms with Gasteiger partial charge in [-0.3, -0.25) is 0 Å². The summed E-state index contributed by atoms with van der Waals surface area (Å²) in [6.45, 7) is 0. The van der Waals surface area contributed by atoms with Gasteiger partial charge in [-0.15, -0.1) is 0 Å². The van der Waals surface area contributed by atoms with Crippen LogP contribution >= 0.6 is 0 Å². The Kier molecular flexibility index (Phi) is 9.27. The Morgan fingerprint density at radius 3 is 1.40 bits per heavy atom. The normalized spacial score (nSPS) is 11.1. The summed E-state index contributed by atoms with van der Waals surface area (Å²) in [5, 5.41) is 1.10. The summed E-state index contributed by atoms with van der Waals surface area (Å²) in [5.41, 5.74) is 16.8. The Bertz CT molecular complexity index is 2880. The number of furan rings is 1. The van der Waals surface area contributed by atoms with Gasteiger partial charge in [0, 0.05) is 27.9 Å². The first-order chi connectivity index (χ1) is 28.7. The zero-order valence-electron chi connectivity index (χ0n) is 31.9. The number of rotatable bonds is 9. The molecule has 0 aliphatic carbocycles. The van der Waals surface area contributed by atoms with E-state index in [0.29, 0.717) is 0 Å². The fourth-order valence-electron chi connectivity index (χ4n) is 7.93. The fourth-order valence-corrected chi connectivity index (χ4v) is 7.93. The molecule has 0 amide bonds. The van der Waals surface area contributed by atoms with Gasteiger partial charge < -0.3 is 9.32 Å². The average Bonchev–Trinajstić information content (AvgIpc) is 3.75. The molecule has 0 atom stereocenters. The van der Waals surface area contributed by atoms with E-state index in [4.69, 9.17) is 4.42 Å². The van der Waals surface area contributed by atoms with Crippen molar-refractivity contribution in [2.24, 2.45) is 0 Å². The number of hydrogen-bond donors (Lipinski definition) is 0. The van der Waals surface area contributed by atoms with Crippen LogP contribution in [-0.4, -0.2) is 0 Å². The minimum Gasteiger partial charge on any atom is -0.456 e. The number of fused-ring (bicyclic) bond motifs is 1. The molecule has 0 saturated carbocycles. The van der Waals surface area contributed by atoms with Crippen molar-refractivity contribution in [2.45, 2.75) is 0 Å². The quantitative estimate of drug-likeness (QED) is 0.146. The van der Waals surface area contributed by atoms with Crippen molar-refractivity contribution in [3.63, 3.8) is 0 Å². The lowest BCUT2D eigenvalue weighted by molar-refractivity contribution is 0.631. The van der Waals surface area contributed by atoms with E-state index in [-0.39, 0.29) is 0 Å². The van der Waals surface area contributed by atoms with E-state index in [1.165, 1.54) is 22.3 Å². The second-order valence-corrected chi connectivity index (χ2v) is 14.6. The molecule has 0 unspecified atom stereocenters. The van der Waals surface area contributed by atoms with Gasteiger partial charge in [-0.2, -0.15) is 0 Å². The van der Waals surface area contributed by atoms with Gasteiger partial charge in [0.25, 0.3) is 0 Å². The monoisotopic (exact) mass is 741 g/mol. The highest BCUT2D eigenvalue weighted by Crippen LogP contribution is 2.44. The third-order valence-corrected chi connectivity index (χ3v) is 10.9. The third kappa shape index (κ3) is 7.00. The Balaban J connectivity index is 1.11. The smallest absolute Gasteiger partial charge is 0.135 e. The largest absolute Gasteiger partial charge is 0.456 e. The molecule has 1 aromatic heterocycles. The lowest BCUT2D eigenvalue weighted by Crippen LogP contribution is -2.11. The van der Waals surface area contributed by atoms with Crippen LogP contribution in [-0.2, 0) is 0 Å². The summed E-state index contributed by atoms with van der Waals surface area (Å²) < 4.78 is 6.25. The molecule has 2 heteroatoms. The van der Waals surface area contributed by atoms with Crippen LogP contribution in [0, 0.1) is 0 Å². The molecular weight excluding hydrogens is 703 g/mol. The van der Waals surface area contributed by atoms with Crippen LogP contribution in [0.4, 0.5) is 17.1 Å². The van der Waals surface area contributed by atoms with Gasteiger partial charge in [-0.25, -0.2) is 0 Å². The lowest BCUT2D eigenvalue weighted by atomic mass is 9.95. The predicted molar refractivity (Wildman–Crippen MR) is 244 cm³/mol. The summed E-state index contributed by atoms with van der Waals surface area (Å²) in [6.07, 6.45) is 0. The van der Waals surface area contributed by atoms with E-state index in [1.54, 1.807) is 0 Å². The topological polar surface area (TPSA) is 16.4 Å². The van der Waals surface area contributed by atoms with Gasteiger partial charge in [0.1, 0.15) is 11.3 Å². The first kappa shape index (κ1) is 34.8. The number of anilines is 3. The van der Waals surface area contributed by atoms with Crippen molar-refractivity contribution in [1.29, 1.82) is 0 Å². The zero-order valence-corrected chi connectivity index (χ0v) is 31.9. The SMILES string of the molecule is c1ccc(-c2ccc(-c3ccccc3N(c3ccc(-c4cccc(-c5cc6ccccc6o5)c4)cc3)c3cc(-c4ccccc4)cc(-c4ccccc4)c3)cc2)cc1. The molecule has 58 heavy (non-hydrogen) atoms. The number of para-hydroxylation sites is 2. The summed E-state index contributed by atoms with van der Waals surface area (Å²) in [6, 6.07) is 84.4. The van der Waals surface area contributed by atoms with E-state index in [9.17, 15) is 0 Å². The molecule has 1 heterocycles. The average molecular weight is 742 g/mol. The van der Waals surface area contributed by atoms with Crippen LogP contribution in [0.5, 0.6) is 0 Å². The minimum atomic E-state index is 0.867. The second kappa shape index (κ2) is 15.5. The Labute approximate surface area is 339 Å².